The van der Waals surface area contributed by atoms with Crippen LogP contribution in [0.5, 0.6) is 5.88 Å². The van der Waals surface area contributed by atoms with Crippen LogP contribution in [0.4, 0.5) is 18.9 Å². The van der Waals surface area contributed by atoms with E-state index < -0.39 is 34.6 Å². The number of para-hydroxylation sites is 1. The summed E-state index contributed by atoms with van der Waals surface area (Å²) in [6.45, 7) is 2.38. The fraction of sp³-hybridized carbons (Fsp3) is 0.233. The Kier molecular flexibility index (Phi) is 6.25. The number of hydrogen-bond donors (Lipinski definition) is 0. The van der Waals surface area contributed by atoms with E-state index in [0.717, 1.165) is 0 Å². The summed E-state index contributed by atoms with van der Waals surface area (Å²) >= 11 is 3.38. The van der Waals surface area contributed by atoms with Crippen LogP contribution in [0.1, 0.15) is 29.3 Å². The van der Waals surface area contributed by atoms with E-state index in [4.69, 9.17) is 9.47 Å². The van der Waals surface area contributed by atoms with Crippen LogP contribution in [0.15, 0.2) is 83.3 Å². The second-order valence-electron chi connectivity index (χ2n) is 9.80. The van der Waals surface area contributed by atoms with E-state index in [2.05, 4.69) is 21.0 Å². The molecule has 0 aliphatic carbocycles. The highest BCUT2D eigenvalue weighted by molar-refractivity contribution is 9.10. The molecule has 0 fully saturated rings. The van der Waals surface area contributed by atoms with Gasteiger partial charge in [-0.15, -0.1) is 0 Å². The minimum absolute atomic E-state index is 0.0505. The molecule has 0 unspecified atom stereocenters. The third kappa shape index (κ3) is 3.61. The molecule has 2 aliphatic heterocycles. The van der Waals surface area contributed by atoms with Crippen molar-refractivity contribution in [1.29, 1.82) is 0 Å². The molecule has 2 aliphatic rings. The van der Waals surface area contributed by atoms with Gasteiger partial charge in [-0.3, -0.25) is 9.59 Å². The van der Waals surface area contributed by atoms with E-state index >= 15 is 13.2 Å². The molecule has 0 radical (unpaired) electrons. The Hall–Kier alpha value is -4.12. The fourth-order valence-corrected chi connectivity index (χ4v) is 6.29. The van der Waals surface area contributed by atoms with Gasteiger partial charge in [0.25, 0.3) is 5.91 Å². The predicted octanol–water partition coefficient (Wildman–Crippen LogP) is 6.14. The van der Waals surface area contributed by atoms with Gasteiger partial charge in [0.15, 0.2) is 0 Å². The smallest absolute Gasteiger partial charge is 0.414 e. The van der Waals surface area contributed by atoms with Crippen molar-refractivity contribution in [2.75, 3.05) is 11.5 Å². The first kappa shape index (κ1) is 27.1. The number of anilines is 1. The molecule has 0 bridgehead atoms. The van der Waals surface area contributed by atoms with Gasteiger partial charge in [-0.05, 0) is 43.7 Å². The van der Waals surface area contributed by atoms with E-state index in [0.29, 0.717) is 15.7 Å². The summed E-state index contributed by atoms with van der Waals surface area (Å²) in [5.41, 5.74) is -5.88. The molecule has 1 amide bonds. The number of nitrogens with zero attached hydrogens (tertiary/aromatic N) is 3. The number of fused-ring (bicyclic) bond motifs is 3. The van der Waals surface area contributed by atoms with Crippen LogP contribution in [0.3, 0.4) is 0 Å². The van der Waals surface area contributed by atoms with Crippen LogP contribution in [0.25, 0.3) is 5.69 Å². The predicted molar refractivity (Wildman–Crippen MR) is 147 cm³/mol. The zero-order valence-electron chi connectivity index (χ0n) is 21.9. The van der Waals surface area contributed by atoms with Gasteiger partial charge < -0.3 is 14.4 Å². The summed E-state index contributed by atoms with van der Waals surface area (Å²) in [6, 6.07) is 21.8. The third-order valence-electron chi connectivity index (χ3n) is 7.54. The van der Waals surface area contributed by atoms with Crippen molar-refractivity contribution in [1.82, 2.24) is 9.78 Å². The number of halogens is 4. The Bertz CT molecular complexity index is 1680. The number of amides is 1. The third-order valence-corrected chi connectivity index (χ3v) is 8.03. The lowest BCUT2D eigenvalue weighted by Gasteiger charge is -2.40. The lowest BCUT2D eigenvalue weighted by Crippen LogP contribution is -2.66. The first-order valence-electron chi connectivity index (χ1n) is 12.8. The molecule has 41 heavy (non-hydrogen) atoms. The highest BCUT2D eigenvalue weighted by Crippen LogP contribution is 2.67. The van der Waals surface area contributed by atoms with Crippen molar-refractivity contribution in [3.8, 4) is 11.6 Å². The zero-order chi connectivity index (χ0) is 29.2. The minimum Gasteiger partial charge on any atom is -0.465 e. The van der Waals surface area contributed by atoms with Gasteiger partial charge in [0.1, 0.15) is 0 Å². The first-order valence-corrected chi connectivity index (χ1v) is 13.6. The van der Waals surface area contributed by atoms with Gasteiger partial charge >= 0.3 is 12.1 Å². The number of esters is 1. The summed E-state index contributed by atoms with van der Waals surface area (Å²) in [5.74, 6) is -3.01. The van der Waals surface area contributed by atoms with Crippen molar-refractivity contribution in [3.63, 3.8) is 0 Å². The molecule has 2 atom stereocenters. The quantitative estimate of drug-likeness (QED) is 0.249. The molecule has 7 nitrogen and oxygen atoms in total. The maximum Gasteiger partial charge on any atom is 0.414 e. The van der Waals surface area contributed by atoms with Crippen molar-refractivity contribution in [3.05, 3.63) is 106 Å². The number of aromatic nitrogens is 2. The van der Waals surface area contributed by atoms with Crippen molar-refractivity contribution < 1.29 is 32.2 Å². The van der Waals surface area contributed by atoms with Gasteiger partial charge in [0.2, 0.25) is 16.9 Å². The topological polar surface area (TPSA) is 73.7 Å². The maximum atomic E-state index is 15.9. The van der Waals surface area contributed by atoms with Gasteiger partial charge in [-0.25, -0.2) is 4.68 Å². The lowest BCUT2D eigenvalue weighted by molar-refractivity contribution is -0.237. The number of carbonyl (C=O) groups is 2. The molecule has 3 heterocycles. The molecule has 4 aromatic rings. The zero-order valence-corrected chi connectivity index (χ0v) is 23.5. The molecular formula is C30H23BrF3N3O4. The standard InChI is InChI=1S/C30H23BrF3N3O4/c1-3-40-27(39)28(30(32,33)34)24-18(2)35-37(21-12-8-5-9-13-21)25(24)41-29(28)22-15-14-20(31)16-23(22)36(26(29)38)17-19-10-6-4-7-11-19/h4-16H,3,17H2,1-2H3/t28-,29-/m0/s1. The Morgan fingerprint density at radius 1 is 1.05 bits per heavy atom. The molecule has 3 aromatic carbocycles. The highest BCUT2D eigenvalue weighted by Gasteiger charge is 2.85. The number of hydrogen-bond acceptors (Lipinski definition) is 5. The summed E-state index contributed by atoms with van der Waals surface area (Å²) in [6.07, 6.45) is -5.33. The summed E-state index contributed by atoms with van der Waals surface area (Å²) in [5, 5.41) is 4.34. The van der Waals surface area contributed by atoms with Crippen LogP contribution < -0.4 is 9.64 Å². The Morgan fingerprint density at radius 3 is 2.34 bits per heavy atom. The Morgan fingerprint density at radius 2 is 1.71 bits per heavy atom. The molecule has 210 valence electrons. The van der Waals surface area contributed by atoms with E-state index in [1.165, 1.54) is 35.6 Å². The molecule has 0 saturated heterocycles. The first-order chi connectivity index (χ1) is 19.6. The van der Waals surface area contributed by atoms with E-state index in [1.807, 2.05) is 0 Å². The molecule has 1 spiro atoms. The SMILES string of the molecule is CCOC(=O)[C@@]1(C(F)(F)F)c2c(C)nn(-c3ccccc3)c2O[C@@]12C(=O)N(Cc1ccccc1)c1cc(Br)ccc12. The van der Waals surface area contributed by atoms with Crippen LogP contribution in [-0.2, 0) is 31.9 Å². The van der Waals surface area contributed by atoms with Gasteiger partial charge in [0.05, 0.1) is 35.8 Å². The lowest BCUT2D eigenvalue weighted by atomic mass is 9.65. The molecular weight excluding hydrogens is 603 g/mol. The average molecular weight is 626 g/mol. The number of ether oxygens (including phenoxy) is 2. The number of alkyl halides is 3. The largest absolute Gasteiger partial charge is 0.465 e. The molecule has 11 heteroatoms. The van der Waals surface area contributed by atoms with E-state index in [9.17, 15) is 9.59 Å². The van der Waals surface area contributed by atoms with Crippen molar-refractivity contribution >= 4 is 33.5 Å². The second-order valence-corrected chi connectivity index (χ2v) is 10.7. The molecule has 0 saturated carbocycles. The molecule has 1 aromatic heterocycles. The number of aryl methyl sites for hydroxylation is 1. The highest BCUT2D eigenvalue weighted by atomic mass is 79.9. The summed E-state index contributed by atoms with van der Waals surface area (Å²) in [4.78, 5) is 29.8. The second kappa shape index (κ2) is 9.47. The van der Waals surface area contributed by atoms with Crippen LogP contribution >= 0.6 is 15.9 Å². The van der Waals surface area contributed by atoms with Gasteiger partial charge in [0, 0.05) is 10.0 Å². The monoisotopic (exact) mass is 625 g/mol. The van der Waals surface area contributed by atoms with Gasteiger partial charge in [-0.2, -0.15) is 18.3 Å². The van der Waals surface area contributed by atoms with Crippen LogP contribution in [0.2, 0.25) is 0 Å². The number of benzene rings is 3. The summed E-state index contributed by atoms with van der Waals surface area (Å²) < 4.78 is 60.8. The Balaban J connectivity index is 1.70. The van der Waals surface area contributed by atoms with Gasteiger partial charge in [-0.1, -0.05) is 70.5 Å². The van der Waals surface area contributed by atoms with Crippen molar-refractivity contribution in [2.24, 2.45) is 0 Å². The number of carbonyl (C=O) groups excluding carboxylic acids is 2. The normalized spacial score (nSPS) is 21.1. The fourth-order valence-electron chi connectivity index (χ4n) is 5.94. The van der Waals surface area contributed by atoms with Crippen molar-refractivity contribution in [2.45, 2.75) is 37.6 Å². The average Bonchev–Trinajstić information content (AvgIpc) is 3.52. The molecule has 6 rings (SSSR count). The van der Waals surface area contributed by atoms with E-state index in [1.54, 1.807) is 66.7 Å². The minimum atomic E-state index is -5.33. The molecule has 0 N–H and O–H groups in total. The summed E-state index contributed by atoms with van der Waals surface area (Å²) in [7, 11) is 0. The van der Waals surface area contributed by atoms with Crippen LogP contribution in [-0.4, -0.2) is 34.4 Å². The Labute approximate surface area is 241 Å². The maximum absolute atomic E-state index is 15.9. The number of rotatable bonds is 5. The van der Waals surface area contributed by atoms with Crippen LogP contribution in [0, 0.1) is 6.92 Å². The van der Waals surface area contributed by atoms with E-state index in [-0.39, 0.29) is 36.0 Å².